The van der Waals surface area contributed by atoms with E-state index in [9.17, 15) is 0 Å². The highest BCUT2D eigenvalue weighted by Gasteiger charge is 2.16. The average molecular weight is 242 g/mol. The van der Waals surface area contributed by atoms with E-state index in [4.69, 9.17) is 0 Å². The van der Waals surface area contributed by atoms with Crippen LogP contribution in [-0.4, -0.2) is 0 Å². The van der Waals surface area contributed by atoms with Gasteiger partial charge < -0.3 is 0 Å². The van der Waals surface area contributed by atoms with E-state index in [0.29, 0.717) is 0 Å². The van der Waals surface area contributed by atoms with Crippen molar-refractivity contribution >= 4 is 10.9 Å². The molecule has 0 aliphatic carbocycles. The molecular formula is C17H24N+. The van der Waals surface area contributed by atoms with Crippen LogP contribution in [0.4, 0.5) is 0 Å². The summed E-state index contributed by atoms with van der Waals surface area (Å²) < 4.78 is 2.40. The zero-order chi connectivity index (χ0) is 13.0. The maximum absolute atomic E-state index is 2.40. The lowest BCUT2D eigenvalue weighted by atomic mass is 10.0. The first-order chi connectivity index (χ1) is 8.77. The minimum atomic E-state index is 1.19. The SMILES string of the molecule is CCCCc1c(CCC)cc2ccccc2[n+]1C. The molecule has 0 radical (unpaired) electrons. The van der Waals surface area contributed by atoms with Gasteiger partial charge >= 0.3 is 0 Å². The van der Waals surface area contributed by atoms with Gasteiger partial charge in [-0.2, -0.15) is 4.57 Å². The molecule has 0 N–H and O–H groups in total. The Morgan fingerprint density at radius 1 is 1.00 bits per heavy atom. The lowest BCUT2D eigenvalue weighted by Gasteiger charge is -2.09. The highest BCUT2D eigenvalue weighted by molar-refractivity contribution is 5.76. The summed E-state index contributed by atoms with van der Waals surface area (Å²) >= 11 is 0. The van der Waals surface area contributed by atoms with Gasteiger partial charge in [-0.05, 0) is 25.0 Å². The standard InChI is InChI=1S/C17H24N/c1-4-6-11-16-14(9-5-2)13-15-10-7-8-12-17(15)18(16)3/h7-8,10,12-13H,4-6,9,11H2,1-3H3/q+1. The minimum Gasteiger partial charge on any atom is -0.198 e. The molecule has 1 heterocycles. The molecule has 0 saturated heterocycles. The van der Waals surface area contributed by atoms with Crippen molar-refractivity contribution in [3.8, 4) is 0 Å². The first kappa shape index (κ1) is 13.1. The second kappa shape index (κ2) is 5.99. The average Bonchev–Trinajstić information content (AvgIpc) is 2.39. The Kier molecular flexibility index (Phi) is 4.35. The lowest BCUT2D eigenvalue weighted by Crippen LogP contribution is -2.36. The van der Waals surface area contributed by atoms with Crippen LogP contribution in [0.2, 0.25) is 0 Å². The van der Waals surface area contributed by atoms with Gasteiger partial charge in [0.2, 0.25) is 5.52 Å². The molecule has 0 saturated carbocycles. The van der Waals surface area contributed by atoms with Gasteiger partial charge in [-0.1, -0.05) is 38.8 Å². The molecule has 2 aromatic rings. The van der Waals surface area contributed by atoms with Crippen LogP contribution in [0.15, 0.2) is 30.3 Å². The maximum atomic E-state index is 2.40. The molecule has 0 spiro atoms. The third-order valence-corrected chi connectivity index (χ3v) is 3.69. The fourth-order valence-electron chi connectivity index (χ4n) is 2.71. The number of unbranched alkanes of at least 4 members (excludes halogenated alkanes) is 1. The van der Waals surface area contributed by atoms with Crippen molar-refractivity contribution in [1.82, 2.24) is 0 Å². The van der Waals surface area contributed by atoms with Crippen LogP contribution in [0, 0.1) is 0 Å². The molecule has 0 amide bonds. The summed E-state index contributed by atoms with van der Waals surface area (Å²) in [7, 11) is 2.21. The monoisotopic (exact) mass is 242 g/mol. The fourth-order valence-corrected chi connectivity index (χ4v) is 2.71. The number of pyridine rings is 1. The molecule has 0 aliphatic heterocycles. The van der Waals surface area contributed by atoms with Gasteiger partial charge in [0.25, 0.3) is 0 Å². The van der Waals surface area contributed by atoms with E-state index in [-0.39, 0.29) is 0 Å². The summed E-state index contributed by atoms with van der Waals surface area (Å²) in [5.41, 5.74) is 4.41. The Morgan fingerprint density at radius 3 is 2.50 bits per heavy atom. The van der Waals surface area contributed by atoms with Crippen LogP contribution >= 0.6 is 0 Å². The van der Waals surface area contributed by atoms with Crippen LogP contribution in [0.3, 0.4) is 0 Å². The van der Waals surface area contributed by atoms with Gasteiger partial charge in [-0.25, -0.2) is 0 Å². The zero-order valence-electron chi connectivity index (χ0n) is 11.9. The van der Waals surface area contributed by atoms with Gasteiger partial charge in [0.1, 0.15) is 7.05 Å². The van der Waals surface area contributed by atoms with E-state index in [0.717, 1.165) is 0 Å². The highest BCUT2D eigenvalue weighted by atomic mass is 14.9. The first-order valence-corrected chi connectivity index (χ1v) is 7.17. The number of aromatic nitrogens is 1. The first-order valence-electron chi connectivity index (χ1n) is 7.17. The van der Waals surface area contributed by atoms with Crippen molar-refractivity contribution in [2.45, 2.75) is 46.0 Å². The van der Waals surface area contributed by atoms with Crippen LogP contribution in [0.1, 0.15) is 44.4 Å². The molecule has 0 bridgehead atoms. The van der Waals surface area contributed by atoms with Gasteiger partial charge in [-0.15, -0.1) is 0 Å². The van der Waals surface area contributed by atoms with Gasteiger partial charge in [0.05, 0.1) is 0 Å². The molecule has 1 aromatic carbocycles. The van der Waals surface area contributed by atoms with Crippen molar-refractivity contribution in [2.75, 3.05) is 0 Å². The lowest BCUT2D eigenvalue weighted by molar-refractivity contribution is -0.653. The van der Waals surface area contributed by atoms with Crippen molar-refractivity contribution in [2.24, 2.45) is 7.05 Å². The fraction of sp³-hybridized carbons (Fsp3) is 0.471. The molecule has 1 nitrogen and oxygen atoms in total. The van der Waals surface area contributed by atoms with E-state index in [1.54, 1.807) is 0 Å². The third-order valence-electron chi connectivity index (χ3n) is 3.69. The number of fused-ring (bicyclic) bond motifs is 1. The number of rotatable bonds is 5. The number of nitrogens with zero attached hydrogens (tertiary/aromatic N) is 1. The number of aryl methyl sites for hydroxylation is 2. The molecule has 0 unspecified atom stereocenters. The smallest absolute Gasteiger partial charge is 0.198 e. The summed E-state index contributed by atoms with van der Waals surface area (Å²) in [6.07, 6.45) is 6.16. The van der Waals surface area contributed by atoms with Crippen LogP contribution in [-0.2, 0) is 19.9 Å². The van der Waals surface area contributed by atoms with Gasteiger partial charge in [0, 0.05) is 23.4 Å². The van der Waals surface area contributed by atoms with E-state index in [1.807, 2.05) is 0 Å². The molecule has 2 rings (SSSR count). The topological polar surface area (TPSA) is 3.88 Å². The molecule has 1 heteroatoms. The van der Waals surface area contributed by atoms with Crippen LogP contribution in [0.25, 0.3) is 10.9 Å². The van der Waals surface area contributed by atoms with Crippen molar-refractivity contribution in [1.29, 1.82) is 0 Å². The Labute approximate surface area is 110 Å². The number of para-hydroxylation sites is 1. The van der Waals surface area contributed by atoms with Crippen molar-refractivity contribution in [3.63, 3.8) is 0 Å². The molecule has 0 fully saturated rings. The maximum Gasteiger partial charge on any atom is 0.212 e. The summed E-state index contributed by atoms with van der Waals surface area (Å²) in [5.74, 6) is 0. The largest absolute Gasteiger partial charge is 0.212 e. The zero-order valence-corrected chi connectivity index (χ0v) is 11.9. The van der Waals surface area contributed by atoms with Crippen LogP contribution < -0.4 is 4.57 Å². The Bertz CT molecular complexity index is 528. The second-order valence-electron chi connectivity index (χ2n) is 5.09. The van der Waals surface area contributed by atoms with Gasteiger partial charge in [-0.3, -0.25) is 0 Å². The summed E-state index contributed by atoms with van der Waals surface area (Å²) in [4.78, 5) is 0. The van der Waals surface area contributed by atoms with E-state index in [2.05, 4.69) is 55.8 Å². The normalized spacial score (nSPS) is 11.1. The Morgan fingerprint density at radius 2 is 1.78 bits per heavy atom. The predicted octanol–water partition coefficient (Wildman–Crippen LogP) is 3.96. The van der Waals surface area contributed by atoms with Crippen molar-refractivity contribution in [3.05, 3.63) is 41.6 Å². The number of hydrogen-bond donors (Lipinski definition) is 0. The third kappa shape index (κ3) is 2.55. The summed E-state index contributed by atoms with van der Waals surface area (Å²) in [6, 6.07) is 11.1. The van der Waals surface area contributed by atoms with Crippen LogP contribution in [0.5, 0.6) is 0 Å². The van der Waals surface area contributed by atoms with E-state index in [1.165, 1.54) is 54.3 Å². The molecule has 0 aliphatic rings. The molecular weight excluding hydrogens is 218 g/mol. The minimum absolute atomic E-state index is 1.19. The predicted molar refractivity (Wildman–Crippen MR) is 77.7 cm³/mol. The summed E-state index contributed by atoms with van der Waals surface area (Å²) in [6.45, 7) is 4.53. The number of hydrogen-bond acceptors (Lipinski definition) is 0. The Hall–Kier alpha value is -1.37. The van der Waals surface area contributed by atoms with E-state index >= 15 is 0 Å². The summed E-state index contributed by atoms with van der Waals surface area (Å²) in [5, 5.41) is 1.36. The van der Waals surface area contributed by atoms with E-state index < -0.39 is 0 Å². The van der Waals surface area contributed by atoms with Gasteiger partial charge in [0.15, 0.2) is 5.69 Å². The quantitative estimate of drug-likeness (QED) is 0.699. The molecule has 18 heavy (non-hydrogen) atoms. The highest BCUT2D eigenvalue weighted by Crippen LogP contribution is 2.18. The molecule has 96 valence electrons. The molecule has 1 aromatic heterocycles. The number of benzene rings is 1. The second-order valence-corrected chi connectivity index (χ2v) is 5.09. The van der Waals surface area contributed by atoms with Crippen molar-refractivity contribution < 1.29 is 4.57 Å². The molecule has 0 atom stereocenters. The Balaban J connectivity index is 2.55.